The molecule has 4 nitrogen and oxygen atoms in total. The van der Waals surface area contributed by atoms with Crippen molar-refractivity contribution in [3.05, 3.63) is 64.1 Å². The molecule has 0 aliphatic heterocycles. The largest absolute Gasteiger partial charge is 0.493 e. The van der Waals surface area contributed by atoms with E-state index in [-0.39, 0.29) is 10.9 Å². The van der Waals surface area contributed by atoms with Crippen LogP contribution in [-0.2, 0) is 4.79 Å². The average molecular weight is 402 g/mol. The summed E-state index contributed by atoms with van der Waals surface area (Å²) in [7, 11) is 0. The smallest absolute Gasteiger partial charge is 0.248 e. The fraction of sp³-hybridized carbons (Fsp3) is 0.227. The van der Waals surface area contributed by atoms with E-state index < -0.39 is 5.82 Å². The molecule has 3 aromatic rings. The molecule has 6 heteroatoms. The van der Waals surface area contributed by atoms with Crippen molar-refractivity contribution in [3.8, 4) is 5.75 Å². The van der Waals surface area contributed by atoms with Gasteiger partial charge in [0.15, 0.2) is 0 Å². The van der Waals surface area contributed by atoms with Gasteiger partial charge in [-0.1, -0.05) is 11.6 Å². The van der Waals surface area contributed by atoms with Crippen LogP contribution < -0.4 is 10.1 Å². The van der Waals surface area contributed by atoms with Gasteiger partial charge in [0.25, 0.3) is 0 Å². The van der Waals surface area contributed by atoms with Gasteiger partial charge in [0.1, 0.15) is 22.9 Å². The number of ether oxygens (including phenoxy) is 1. The highest BCUT2D eigenvalue weighted by atomic mass is 35.5. The maximum atomic E-state index is 13.3. The molecule has 146 valence electrons. The Hall–Kier alpha value is -2.79. The molecule has 1 amide bonds. The van der Waals surface area contributed by atoms with Crippen molar-refractivity contribution in [2.45, 2.75) is 27.7 Å². The third-order valence-corrected chi connectivity index (χ3v) is 4.83. The number of halogens is 2. The van der Waals surface area contributed by atoms with Gasteiger partial charge in [0.2, 0.25) is 5.91 Å². The van der Waals surface area contributed by atoms with E-state index in [0.717, 1.165) is 33.4 Å². The number of hydrogen-bond acceptors (Lipinski definition) is 3. The van der Waals surface area contributed by atoms with E-state index in [2.05, 4.69) is 5.32 Å². The molecular formula is C22H21ClFNO3. The van der Waals surface area contributed by atoms with Crippen LogP contribution in [0.5, 0.6) is 5.75 Å². The number of amides is 1. The van der Waals surface area contributed by atoms with E-state index in [9.17, 15) is 9.18 Å². The third kappa shape index (κ3) is 4.04. The molecule has 1 heterocycles. The number of furan rings is 1. The number of anilines is 1. The Morgan fingerprint density at radius 1 is 1.29 bits per heavy atom. The lowest BCUT2D eigenvalue weighted by atomic mass is 10.0. The number of hydrogen-bond donors (Lipinski definition) is 1. The SMILES string of the molecule is CCOc1cc2oc(C)c(C)c2cc1/C(C)=C/C(=O)Nc1ccc(F)c(Cl)c1. The van der Waals surface area contributed by atoms with E-state index in [4.69, 9.17) is 20.8 Å². The lowest BCUT2D eigenvalue weighted by molar-refractivity contribution is -0.111. The lowest BCUT2D eigenvalue weighted by Crippen LogP contribution is -2.09. The molecule has 3 rings (SSSR count). The van der Waals surface area contributed by atoms with E-state index in [1.54, 1.807) is 0 Å². The van der Waals surface area contributed by atoms with Crippen LogP contribution in [0.15, 0.2) is 40.8 Å². The van der Waals surface area contributed by atoms with Crippen LogP contribution >= 0.6 is 11.6 Å². The van der Waals surface area contributed by atoms with Gasteiger partial charge in [0.05, 0.1) is 11.6 Å². The van der Waals surface area contributed by atoms with Gasteiger partial charge in [-0.15, -0.1) is 0 Å². The van der Waals surface area contributed by atoms with Crippen molar-refractivity contribution in [2.24, 2.45) is 0 Å². The average Bonchev–Trinajstić information content (AvgIpc) is 2.91. The van der Waals surface area contributed by atoms with Gasteiger partial charge in [-0.05, 0) is 63.1 Å². The molecule has 0 fully saturated rings. The summed E-state index contributed by atoms with van der Waals surface area (Å²) in [5, 5.41) is 3.62. The Morgan fingerprint density at radius 3 is 2.71 bits per heavy atom. The highest BCUT2D eigenvalue weighted by Crippen LogP contribution is 2.35. The molecule has 0 saturated heterocycles. The predicted molar refractivity (Wildman–Crippen MR) is 111 cm³/mol. The first-order valence-electron chi connectivity index (χ1n) is 8.91. The number of fused-ring (bicyclic) bond motifs is 1. The van der Waals surface area contributed by atoms with Crippen molar-refractivity contribution in [1.29, 1.82) is 0 Å². The quantitative estimate of drug-likeness (QED) is 0.511. The number of nitrogens with one attached hydrogen (secondary N) is 1. The Morgan fingerprint density at radius 2 is 2.04 bits per heavy atom. The van der Waals surface area contributed by atoms with Crippen LogP contribution in [0, 0.1) is 19.7 Å². The van der Waals surface area contributed by atoms with Crippen LogP contribution in [0.2, 0.25) is 5.02 Å². The molecule has 0 unspecified atom stereocenters. The Bertz CT molecular complexity index is 1090. The maximum Gasteiger partial charge on any atom is 0.248 e. The molecule has 28 heavy (non-hydrogen) atoms. The minimum absolute atomic E-state index is 0.0478. The first-order chi connectivity index (χ1) is 13.3. The van der Waals surface area contributed by atoms with Crippen molar-refractivity contribution >= 4 is 39.7 Å². The molecular weight excluding hydrogens is 381 g/mol. The van der Waals surface area contributed by atoms with E-state index in [0.29, 0.717) is 18.0 Å². The number of allylic oxidation sites excluding steroid dienone is 1. The van der Waals surface area contributed by atoms with Gasteiger partial charge in [-0.3, -0.25) is 4.79 Å². The number of carbonyl (C=O) groups excluding carboxylic acids is 1. The first kappa shape index (κ1) is 20.0. The lowest BCUT2D eigenvalue weighted by Gasteiger charge is -2.11. The van der Waals surface area contributed by atoms with Crippen molar-refractivity contribution < 1.29 is 18.3 Å². The summed E-state index contributed by atoms with van der Waals surface area (Å²) < 4.78 is 24.8. The number of rotatable bonds is 5. The molecule has 1 N–H and O–H groups in total. The van der Waals surface area contributed by atoms with Gasteiger partial charge >= 0.3 is 0 Å². The summed E-state index contributed by atoms with van der Waals surface area (Å²) in [4.78, 5) is 12.4. The molecule has 0 saturated carbocycles. The first-order valence-corrected chi connectivity index (χ1v) is 9.29. The van der Waals surface area contributed by atoms with Crippen LogP contribution in [0.25, 0.3) is 16.5 Å². The normalized spacial score (nSPS) is 11.7. The minimum Gasteiger partial charge on any atom is -0.493 e. The van der Waals surface area contributed by atoms with E-state index >= 15 is 0 Å². The molecule has 1 aromatic heterocycles. The second kappa shape index (κ2) is 8.07. The van der Waals surface area contributed by atoms with Crippen molar-refractivity contribution in [1.82, 2.24) is 0 Å². The number of carbonyl (C=O) groups is 1. The zero-order valence-corrected chi connectivity index (χ0v) is 16.9. The molecule has 0 aliphatic rings. The fourth-order valence-corrected chi connectivity index (χ4v) is 3.16. The van der Waals surface area contributed by atoms with Crippen LogP contribution in [0.4, 0.5) is 10.1 Å². The highest BCUT2D eigenvalue weighted by molar-refractivity contribution is 6.31. The topological polar surface area (TPSA) is 51.5 Å². The van der Waals surface area contributed by atoms with Crippen LogP contribution in [0.1, 0.15) is 30.7 Å². The Kier molecular flexibility index (Phi) is 5.75. The Balaban J connectivity index is 1.94. The zero-order valence-electron chi connectivity index (χ0n) is 16.2. The van der Waals surface area contributed by atoms with Crippen molar-refractivity contribution in [2.75, 3.05) is 11.9 Å². The van der Waals surface area contributed by atoms with Crippen molar-refractivity contribution in [3.63, 3.8) is 0 Å². The standard InChI is InChI=1S/C22H21ClFNO3/c1-5-27-20-11-21-17(13(3)14(4)28-21)10-16(20)12(2)8-22(26)25-15-6-7-19(24)18(23)9-15/h6-11H,5H2,1-4H3,(H,25,26)/b12-8+. The minimum atomic E-state index is -0.535. The third-order valence-electron chi connectivity index (χ3n) is 4.54. The van der Waals surface area contributed by atoms with Gasteiger partial charge in [0, 0.05) is 28.8 Å². The zero-order chi connectivity index (χ0) is 20.4. The summed E-state index contributed by atoms with van der Waals surface area (Å²) in [5.74, 6) is 0.618. The summed E-state index contributed by atoms with van der Waals surface area (Å²) in [6.45, 7) is 8.14. The number of aryl methyl sites for hydroxylation is 2. The molecule has 0 aliphatic carbocycles. The van der Waals surface area contributed by atoms with Gasteiger partial charge in [-0.25, -0.2) is 4.39 Å². The van der Waals surface area contributed by atoms with Crippen LogP contribution in [0.3, 0.4) is 0 Å². The summed E-state index contributed by atoms with van der Waals surface area (Å²) in [6.07, 6.45) is 1.48. The number of benzene rings is 2. The molecule has 0 bridgehead atoms. The predicted octanol–water partition coefficient (Wildman–Crippen LogP) is 6.28. The molecule has 0 spiro atoms. The second-order valence-electron chi connectivity index (χ2n) is 6.51. The second-order valence-corrected chi connectivity index (χ2v) is 6.91. The molecule has 0 radical (unpaired) electrons. The van der Waals surface area contributed by atoms with E-state index in [1.165, 1.54) is 24.3 Å². The van der Waals surface area contributed by atoms with Crippen LogP contribution in [-0.4, -0.2) is 12.5 Å². The maximum absolute atomic E-state index is 13.3. The summed E-state index contributed by atoms with van der Waals surface area (Å²) in [5.41, 5.74) is 3.76. The molecule has 0 atom stereocenters. The van der Waals surface area contributed by atoms with E-state index in [1.807, 2.05) is 39.8 Å². The monoisotopic (exact) mass is 401 g/mol. The van der Waals surface area contributed by atoms with Gasteiger partial charge in [-0.2, -0.15) is 0 Å². The van der Waals surface area contributed by atoms with Gasteiger partial charge < -0.3 is 14.5 Å². The highest BCUT2D eigenvalue weighted by Gasteiger charge is 2.15. The molecule has 2 aromatic carbocycles. The Labute approximate surface area is 167 Å². The summed E-state index contributed by atoms with van der Waals surface area (Å²) in [6, 6.07) is 7.85. The summed E-state index contributed by atoms with van der Waals surface area (Å²) >= 11 is 5.76. The fourth-order valence-electron chi connectivity index (χ4n) is 2.98.